The molecule has 0 aliphatic carbocycles. The van der Waals surface area contributed by atoms with E-state index in [1.807, 2.05) is 19.1 Å². The molecule has 1 aromatic heterocycles. The summed E-state index contributed by atoms with van der Waals surface area (Å²) in [6, 6.07) is 8.15. The molecule has 1 N–H and O–H groups in total. The van der Waals surface area contributed by atoms with Crippen LogP contribution in [-0.2, 0) is 0 Å². The molecule has 0 aliphatic heterocycles. The zero-order chi connectivity index (χ0) is 13.1. The molecule has 0 spiro atoms. The smallest absolute Gasteiger partial charge is 0.274 e. The molecule has 0 amide bonds. The van der Waals surface area contributed by atoms with Crippen LogP contribution in [0.2, 0.25) is 5.02 Å². The Morgan fingerprint density at radius 1 is 1.33 bits per heavy atom. The first kappa shape index (κ1) is 12.3. The van der Waals surface area contributed by atoms with Gasteiger partial charge in [-0.3, -0.25) is 10.1 Å². The third kappa shape index (κ3) is 2.75. The zero-order valence-electron chi connectivity index (χ0n) is 9.55. The van der Waals surface area contributed by atoms with Crippen LogP contribution in [0.25, 0.3) is 0 Å². The van der Waals surface area contributed by atoms with Gasteiger partial charge in [-0.1, -0.05) is 17.7 Å². The van der Waals surface area contributed by atoms with E-state index in [4.69, 9.17) is 11.6 Å². The van der Waals surface area contributed by atoms with E-state index in [1.165, 1.54) is 18.3 Å². The van der Waals surface area contributed by atoms with E-state index in [9.17, 15) is 10.1 Å². The molecule has 0 radical (unpaired) electrons. The van der Waals surface area contributed by atoms with Crippen molar-refractivity contribution in [2.24, 2.45) is 0 Å². The summed E-state index contributed by atoms with van der Waals surface area (Å²) in [5.41, 5.74) is 1.69. The number of anilines is 2. The highest BCUT2D eigenvalue weighted by Crippen LogP contribution is 2.23. The normalized spacial score (nSPS) is 10.1. The van der Waals surface area contributed by atoms with E-state index < -0.39 is 4.92 Å². The summed E-state index contributed by atoms with van der Waals surface area (Å²) in [4.78, 5) is 14.2. The topological polar surface area (TPSA) is 68.1 Å². The molecule has 1 aromatic carbocycles. The lowest BCUT2D eigenvalue weighted by molar-refractivity contribution is -0.384. The summed E-state index contributed by atoms with van der Waals surface area (Å²) in [5.74, 6) is 0.407. The lowest BCUT2D eigenvalue weighted by Gasteiger charge is -2.06. The number of rotatable bonds is 3. The van der Waals surface area contributed by atoms with Crippen molar-refractivity contribution >= 4 is 28.8 Å². The zero-order valence-corrected chi connectivity index (χ0v) is 10.3. The maximum absolute atomic E-state index is 10.6. The van der Waals surface area contributed by atoms with Gasteiger partial charge in [-0.2, -0.15) is 0 Å². The summed E-state index contributed by atoms with van der Waals surface area (Å²) in [7, 11) is 0. The van der Waals surface area contributed by atoms with Gasteiger partial charge in [-0.05, 0) is 24.6 Å². The molecule has 0 saturated heterocycles. The van der Waals surface area contributed by atoms with Crippen molar-refractivity contribution in [1.29, 1.82) is 0 Å². The minimum Gasteiger partial charge on any atom is -0.340 e. The van der Waals surface area contributed by atoms with Crippen LogP contribution in [0.5, 0.6) is 0 Å². The van der Waals surface area contributed by atoms with Gasteiger partial charge in [-0.25, -0.2) is 4.98 Å². The monoisotopic (exact) mass is 263 g/mol. The highest BCUT2D eigenvalue weighted by atomic mass is 35.5. The van der Waals surface area contributed by atoms with Gasteiger partial charge in [-0.15, -0.1) is 0 Å². The molecule has 6 heteroatoms. The van der Waals surface area contributed by atoms with E-state index >= 15 is 0 Å². The fraction of sp³-hybridized carbons (Fsp3) is 0.0833. The van der Waals surface area contributed by atoms with Crippen molar-refractivity contribution in [2.45, 2.75) is 6.92 Å². The van der Waals surface area contributed by atoms with Crippen LogP contribution in [0, 0.1) is 17.0 Å². The molecule has 0 saturated carbocycles. The van der Waals surface area contributed by atoms with Crippen molar-refractivity contribution in [1.82, 2.24) is 4.98 Å². The highest BCUT2D eigenvalue weighted by Gasteiger charge is 2.07. The Bertz CT molecular complexity index is 602. The van der Waals surface area contributed by atoms with Crippen LogP contribution in [0.15, 0.2) is 36.5 Å². The molecule has 0 aliphatic rings. The largest absolute Gasteiger partial charge is 0.340 e. The maximum Gasteiger partial charge on any atom is 0.274 e. The maximum atomic E-state index is 10.6. The Balaban J connectivity index is 2.25. The van der Waals surface area contributed by atoms with Crippen molar-refractivity contribution in [2.75, 3.05) is 5.32 Å². The molecule has 0 atom stereocenters. The Labute approximate surface area is 109 Å². The number of nitrogens with zero attached hydrogens (tertiary/aromatic N) is 2. The van der Waals surface area contributed by atoms with E-state index in [-0.39, 0.29) is 5.69 Å². The van der Waals surface area contributed by atoms with Crippen LogP contribution in [0.1, 0.15) is 5.56 Å². The summed E-state index contributed by atoms with van der Waals surface area (Å²) in [5, 5.41) is 14.2. The lowest BCUT2D eigenvalue weighted by Crippen LogP contribution is -1.95. The molecule has 0 fully saturated rings. The standard InChI is InChI=1S/C12H10ClN3O2/c1-8-2-3-9(6-11(8)13)15-12-7-10(16(17)18)4-5-14-12/h2-7H,1H3,(H,14,15). The van der Waals surface area contributed by atoms with Crippen LogP contribution in [0.4, 0.5) is 17.2 Å². The number of hydrogen-bond donors (Lipinski definition) is 1. The Kier molecular flexibility index (Phi) is 3.43. The molecular weight excluding hydrogens is 254 g/mol. The van der Waals surface area contributed by atoms with Crippen LogP contribution < -0.4 is 5.32 Å². The van der Waals surface area contributed by atoms with Gasteiger partial charge in [0.05, 0.1) is 11.0 Å². The molecule has 92 valence electrons. The lowest BCUT2D eigenvalue weighted by atomic mass is 10.2. The molecule has 0 bridgehead atoms. The second kappa shape index (κ2) is 5.01. The third-order valence-corrected chi connectivity index (χ3v) is 2.81. The Morgan fingerprint density at radius 2 is 2.11 bits per heavy atom. The fourth-order valence-corrected chi connectivity index (χ4v) is 1.60. The van der Waals surface area contributed by atoms with Gasteiger partial charge in [0.15, 0.2) is 0 Å². The van der Waals surface area contributed by atoms with Crippen LogP contribution in [0.3, 0.4) is 0 Å². The summed E-state index contributed by atoms with van der Waals surface area (Å²) >= 11 is 5.99. The van der Waals surface area contributed by atoms with Gasteiger partial charge < -0.3 is 5.32 Å². The Hall–Kier alpha value is -2.14. The second-order valence-corrected chi connectivity index (χ2v) is 4.15. The van der Waals surface area contributed by atoms with Crippen LogP contribution in [-0.4, -0.2) is 9.91 Å². The molecule has 18 heavy (non-hydrogen) atoms. The minimum atomic E-state index is -0.463. The Morgan fingerprint density at radius 3 is 2.78 bits per heavy atom. The number of nitrogens with one attached hydrogen (secondary N) is 1. The number of hydrogen-bond acceptors (Lipinski definition) is 4. The van der Waals surface area contributed by atoms with E-state index in [2.05, 4.69) is 10.3 Å². The molecular formula is C12H10ClN3O2. The van der Waals surface area contributed by atoms with Crippen molar-refractivity contribution in [3.8, 4) is 0 Å². The number of aryl methyl sites for hydroxylation is 1. The molecule has 2 rings (SSSR count). The van der Waals surface area contributed by atoms with Gasteiger partial charge >= 0.3 is 0 Å². The van der Waals surface area contributed by atoms with Crippen molar-refractivity contribution < 1.29 is 4.92 Å². The third-order valence-electron chi connectivity index (χ3n) is 2.40. The first-order chi connectivity index (χ1) is 8.56. The van der Waals surface area contributed by atoms with Crippen LogP contribution >= 0.6 is 11.6 Å². The minimum absolute atomic E-state index is 0.00860. The number of pyridine rings is 1. The van der Waals surface area contributed by atoms with E-state index in [0.29, 0.717) is 10.8 Å². The average molecular weight is 264 g/mol. The van der Waals surface area contributed by atoms with Gasteiger partial charge in [0.2, 0.25) is 0 Å². The van der Waals surface area contributed by atoms with E-state index in [1.54, 1.807) is 6.07 Å². The first-order valence-corrected chi connectivity index (χ1v) is 5.57. The summed E-state index contributed by atoms with van der Waals surface area (Å²) < 4.78 is 0. The number of benzene rings is 1. The predicted molar refractivity (Wildman–Crippen MR) is 70.4 cm³/mol. The molecule has 1 heterocycles. The predicted octanol–water partition coefficient (Wildman–Crippen LogP) is 3.70. The average Bonchev–Trinajstić information content (AvgIpc) is 2.34. The molecule has 2 aromatic rings. The number of halogens is 1. The van der Waals surface area contributed by atoms with Gasteiger partial charge in [0.25, 0.3) is 5.69 Å². The highest BCUT2D eigenvalue weighted by molar-refractivity contribution is 6.31. The van der Waals surface area contributed by atoms with Crippen molar-refractivity contribution in [3.63, 3.8) is 0 Å². The van der Waals surface area contributed by atoms with Gasteiger partial charge in [0.1, 0.15) is 5.82 Å². The molecule has 0 unspecified atom stereocenters. The molecule has 5 nitrogen and oxygen atoms in total. The number of nitro groups is 1. The summed E-state index contributed by atoms with van der Waals surface area (Å²) in [6.45, 7) is 1.90. The fourth-order valence-electron chi connectivity index (χ4n) is 1.42. The van der Waals surface area contributed by atoms with Gasteiger partial charge in [0, 0.05) is 23.0 Å². The van der Waals surface area contributed by atoms with Crippen molar-refractivity contribution in [3.05, 3.63) is 57.2 Å². The summed E-state index contributed by atoms with van der Waals surface area (Å²) in [6.07, 6.45) is 1.39. The SMILES string of the molecule is Cc1ccc(Nc2cc([N+](=O)[O-])ccn2)cc1Cl. The van der Waals surface area contributed by atoms with E-state index in [0.717, 1.165) is 11.3 Å². The first-order valence-electron chi connectivity index (χ1n) is 5.20. The number of aromatic nitrogens is 1. The second-order valence-electron chi connectivity index (χ2n) is 3.75. The quantitative estimate of drug-likeness (QED) is 0.677.